The van der Waals surface area contributed by atoms with E-state index in [0.717, 1.165) is 38.8 Å². The number of nitrogens with one attached hydrogen (secondary N) is 1. The number of halogens is 2. The third kappa shape index (κ3) is 5.77. The first kappa shape index (κ1) is 31.7. The lowest BCUT2D eigenvalue weighted by Gasteiger charge is -2.31. The number of terminal acetylenes is 1. The van der Waals surface area contributed by atoms with E-state index in [9.17, 15) is 14.3 Å². The van der Waals surface area contributed by atoms with Gasteiger partial charge in [0.05, 0.1) is 17.0 Å². The third-order valence-electron chi connectivity index (χ3n) is 9.90. The van der Waals surface area contributed by atoms with E-state index in [2.05, 4.69) is 32.7 Å². The number of nitrogens with zero attached hydrogens (tertiary/aromatic N) is 6. The van der Waals surface area contributed by atoms with Crippen LogP contribution in [0.15, 0.2) is 48.9 Å². The molecule has 48 heavy (non-hydrogen) atoms. The number of phenols is 1. The molecule has 248 valence electrons. The number of fused-ring (bicyclic) bond motifs is 3. The van der Waals surface area contributed by atoms with Gasteiger partial charge in [-0.25, -0.2) is 8.78 Å². The molecule has 2 N–H and O–H groups in total. The molecule has 1 amide bonds. The first-order valence-corrected chi connectivity index (χ1v) is 16.2. The maximum atomic E-state index is 16.9. The number of hydrogen-bond acceptors (Lipinski definition) is 9. The zero-order chi connectivity index (χ0) is 33.6. The standard InChI is InChI=1S/C36H37F2N7O3/c1-4-23-8-5-9-24-16-26(46)17-27(29(23)24)31-30(38)32-28(18-39-31)33(44-15-14-43(3)19-25(20-44)40-34(47)22(2)37)42-35(41-32)48-21-36-10-6-12-45(36)13-7-11-36/h1,5,8-9,16-18,25,46H,2,6-7,10-15,19-21H2,3H3,(H,40,47)/t25-/m0/s1. The Labute approximate surface area is 277 Å². The van der Waals surface area contributed by atoms with E-state index in [0.29, 0.717) is 59.3 Å². The Balaban J connectivity index is 1.36. The van der Waals surface area contributed by atoms with Crippen LogP contribution in [0.25, 0.3) is 32.9 Å². The number of rotatable bonds is 7. The molecule has 0 unspecified atom stereocenters. The summed E-state index contributed by atoms with van der Waals surface area (Å²) in [6.07, 6.45) is 11.5. The Kier molecular flexibility index (Phi) is 8.35. The van der Waals surface area contributed by atoms with Crippen molar-refractivity contribution >= 4 is 33.4 Å². The van der Waals surface area contributed by atoms with E-state index in [-0.39, 0.29) is 35.1 Å². The monoisotopic (exact) mass is 653 g/mol. The topological polar surface area (TPSA) is 107 Å². The lowest BCUT2D eigenvalue weighted by Crippen LogP contribution is -2.46. The van der Waals surface area contributed by atoms with Gasteiger partial charge in [-0.3, -0.25) is 14.7 Å². The summed E-state index contributed by atoms with van der Waals surface area (Å²) in [4.78, 5) is 32.7. The van der Waals surface area contributed by atoms with E-state index in [1.807, 2.05) is 16.8 Å². The molecule has 2 aromatic heterocycles. The highest BCUT2D eigenvalue weighted by Gasteiger charge is 2.45. The van der Waals surface area contributed by atoms with Gasteiger partial charge in [0.1, 0.15) is 29.4 Å². The second kappa shape index (κ2) is 12.6. The fraction of sp³-hybridized carbons (Fsp3) is 0.389. The largest absolute Gasteiger partial charge is 0.508 e. The number of ether oxygens (including phenoxy) is 1. The number of hydrogen-bond donors (Lipinski definition) is 2. The lowest BCUT2D eigenvalue weighted by atomic mass is 9.95. The van der Waals surface area contributed by atoms with Crippen molar-refractivity contribution in [2.75, 3.05) is 57.8 Å². The molecule has 3 fully saturated rings. The van der Waals surface area contributed by atoms with E-state index in [4.69, 9.17) is 16.1 Å². The number of anilines is 1. The Hall–Kier alpha value is -4.86. The van der Waals surface area contributed by atoms with Gasteiger partial charge in [0, 0.05) is 48.9 Å². The molecule has 0 saturated carbocycles. The normalized spacial score (nSPS) is 19.6. The molecule has 1 atom stereocenters. The minimum absolute atomic E-state index is 0.00259. The van der Waals surface area contributed by atoms with Gasteiger partial charge < -0.3 is 25.0 Å². The predicted molar refractivity (Wildman–Crippen MR) is 180 cm³/mol. The molecule has 7 rings (SSSR count). The van der Waals surface area contributed by atoms with Gasteiger partial charge in [-0.15, -0.1) is 6.42 Å². The number of benzene rings is 2. The number of carbonyl (C=O) groups is 1. The van der Waals surface area contributed by atoms with Gasteiger partial charge in [0.2, 0.25) is 0 Å². The van der Waals surface area contributed by atoms with Crippen LogP contribution in [-0.2, 0) is 4.79 Å². The van der Waals surface area contributed by atoms with Crippen LogP contribution in [-0.4, -0.2) is 100 Å². The highest BCUT2D eigenvalue weighted by molar-refractivity contribution is 6.02. The maximum Gasteiger partial charge on any atom is 0.319 e. The molecule has 2 aromatic carbocycles. The van der Waals surface area contributed by atoms with Crippen LogP contribution in [0.3, 0.4) is 0 Å². The van der Waals surface area contributed by atoms with Crippen molar-refractivity contribution in [1.82, 2.24) is 30.1 Å². The second-order valence-electron chi connectivity index (χ2n) is 13.0. The van der Waals surface area contributed by atoms with Crippen molar-refractivity contribution in [1.29, 1.82) is 0 Å². The molecule has 0 bridgehead atoms. The first-order chi connectivity index (χ1) is 23.2. The molecule has 10 nitrogen and oxygen atoms in total. The van der Waals surface area contributed by atoms with Crippen LogP contribution in [0.1, 0.15) is 31.2 Å². The number of pyridine rings is 1. The van der Waals surface area contributed by atoms with Gasteiger partial charge >= 0.3 is 6.01 Å². The number of aromatic hydroxyl groups is 1. The minimum atomic E-state index is -1.07. The van der Waals surface area contributed by atoms with Crippen LogP contribution in [0.4, 0.5) is 14.6 Å². The van der Waals surface area contributed by atoms with Gasteiger partial charge in [-0.1, -0.05) is 24.6 Å². The summed E-state index contributed by atoms with van der Waals surface area (Å²) in [6, 6.07) is 7.90. The Morgan fingerprint density at radius 3 is 2.73 bits per heavy atom. The Morgan fingerprint density at radius 1 is 1.19 bits per heavy atom. The highest BCUT2D eigenvalue weighted by Crippen LogP contribution is 2.40. The first-order valence-electron chi connectivity index (χ1n) is 16.2. The summed E-state index contributed by atoms with van der Waals surface area (Å²) in [5.41, 5.74) is 0.739. The van der Waals surface area contributed by atoms with Crippen LogP contribution < -0.4 is 15.0 Å². The number of likely N-dealkylation sites (N-methyl/N-ethyl adjacent to an activating group) is 1. The zero-order valence-electron chi connectivity index (χ0n) is 26.8. The van der Waals surface area contributed by atoms with Crippen molar-refractivity contribution in [2.24, 2.45) is 0 Å². The molecule has 5 heterocycles. The van der Waals surface area contributed by atoms with Gasteiger partial charge in [0.15, 0.2) is 11.6 Å². The molecule has 0 radical (unpaired) electrons. The molecular weight excluding hydrogens is 616 g/mol. The van der Waals surface area contributed by atoms with Crippen LogP contribution in [0, 0.1) is 18.2 Å². The van der Waals surface area contributed by atoms with Crippen LogP contribution in [0.5, 0.6) is 11.8 Å². The maximum absolute atomic E-state index is 16.9. The zero-order valence-corrected chi connectivity index (χ0v) is 26.8. The number of phenolic OH excluding ortho intramolecular Hbond substituents is 1. The van der Waals surface area contributed by atoms with Crippen molar-refractivity contribution in [3.8, 4) is 35.4 Å². The van der Waals surface area contributed by atoms with Crippen LogP contribution >= 0.6 is 0 Å². The molecule has 12 heteroatoms. The number of aromatic nitrogens is 3. The van der Waals surface area contributed by atoms with Gasteiger partial charge in [0.25, 0.3) is 5.91 Å². The molecule has 3 saturated heterocycles. The average Bonchev–Trinajstić information content (AvgIpc) is 3.60. The molecule has 0 spiro atoms. The smallest absolute Gasteiger partial charge is 0.319 e. The van der Waals surface area contributed by atoms with Gasteiger partial charge in [-0.2, -0.15) is 9.97 Å². The molecular formula is C36H37F2N7O3. The van der Waals surface area contributed by atoms with E-state index < -0.39 is 23.6 Å². The summed E-state index contributed by atoms with van der Waals surface area (Å²) < 4.78 is 37.0. The summed E-state index contributed by atoms with van der Waals surface area (Å²) in [6.45, 7) is 7.34. The highest BCUT2D eigenvalue weighted by atomic mass is 19.1. The molecule has 4 aromatic rings. The quantitative estimate of drug-likeness (QED) is 0.222. The van der Waals surface area contributed by atoms with Crippen molar-refractivity contribution < 1.29 is 23.4 Å². The Bertz CT molecular complexity index is 1970. The SMILES string of the molecule is C#Cc1cccc2cc(O)cc(-c3ncc4c(N5CCN(C)C[C@H](NC(=O)C(=C)F)C5)nc(OCC56CCCN5CCC6)nc4c3F)c12. The van der Waals surface area contributed by atoms with E-state index in [1.165, 1.54) is 12.3 Å². The number of amides is 1. The molecule has 0 aliphatic carbocycles. The van der Waals surface area contributed by atoms with E-state index in [1.54, 1.807) is 24.3 Å². The fourth-order valence-corrected chi connectivity index (χ4v) is 7.62. The second-order valence-corrected chi connectivity index (χ2v) is 13.0. The van der Waals surface area contributed by atoms with E-state index >= 15 is 4.39 Å². The average molecular weight is 654 g/mol. The van der Waals surface area contributed by atoms with Crippen LogP contribution in [0.2, 0.25) is 0 Å². The van der Waals surface area contributed by atoms with Crippen molar-refractivity contribution in [3.05, 3.63) is 60.3 Å². The predicted octanol–water partition coefficient (Wildman–Crippen LogP) is 4.40. The minimum Gasteiger partial charge on any atom is -0.508 e. The molecule has 3 aliphatic heterocycles. The molecule has 3 aliphatic rings. The van der Waals surface area contributed by atoms with Gasteiger partial charge in [-0.05, 0) is 69.4 Å². The summed E-state index contributed by atoms with van der Waals surface area (Å²) >= 11 is 0. The third-order valence-corrected chi connectivity index (χ3v) is 9.90. The van der Waals surface area contributed by atoms with Crippen molar-refractivity contribution in [2.45, 2.75) is 37.3 Å². The lowest BCUT2D eigenvalue weighted by molar-refractivity contribution is -0.119. The van der Waals surface area contributed by atoms with Crippen molar-refractivity contribution in [3.63, 3.8) is 0 Å². The summed E-state index contributed by atoms with van der Waals surface area (Å²) in [5, 5.41) is 14.9. The summed E-state index contributed by atoms with van der Waals surface area (Å²) in [5.74, 6) is 0.316. The number of carbonyl (C=O) groups excluding carboxylic acids is 1. The Morgan fingerprint density at radius 2 is 1.98 bits per heavy atom. The fourth-order valence-electron chi connectivity index (χ4n) is 7.62. The summed E-state index contributed by atoms with van der Waals surface area (Å²) in [7, 11) is 1.91.